The molecule has 1 aromatic heterocycles. The van der Waals surface area contributed by atoms with Crippen LogP contribution in [0.5, 0.6) is 0 Å². The van der Waals surface area contributed by atoms with E-state index in [2.05, 4.69) is 24.3 Å². The Balaban J connectivity index is 2.94. The van der Waals surface area contributed by atoms with E-state index in [1.54, 1.807) is 0 Å². The van der Waals surface area contributed by atoms with Crippen LogP contribution in [0.25, 0.3) is 10.9 Å². The molecule has 0 spiro atoms. The number of aryl methyl sites for hydroxylation is 2. The molecule has 0 atom stereocenters. The van der Waals surface area contributed by atoms with E-state index in [-0.39, 0.29) is 5.82 Å². The monoisotopic (exact) mass is 247 g/mol. The van der Waals surface area contributed by atoms with Crippen LogP contribution >= 0.6 is 0 Å². The summed E-state index contributed by atoms with van der Waals surface area (Å²) in [7, 11) is 0. The first kappa shape index (κ1) is 12.8. The maximum atomic E-state index is 13.4. The number of nitrogen functional groups attached to an aromatic ring is 1. The zero-order valence-electron chi connectivity index (χ0n) is 11.1. The third kappa shape index (κ3) is 1.93. The molecule has 0 saturated carbocycles. The Kier molecular flexibility index (Phi) is 3.22. The summed E-state index contributed by atoms with van der Waals surface area (Å²) in [6, 6.07) is 2.95. The second-order valence-corrected chi connectivity index (χ2v) is 4.90. The molecule has 4 heteroatoms. The molecule has 1 aromatic carbocycles. The van der Waals surface area contributed by atoms with Crippen LogP contribution in [-0.2, 0) is 0 Å². The van der Waals surface area contributed by atoms with Crippen molar-refractivity contribution in [1.29, 1.82) is 0 Å². The number of rotatable bonds is 2. The molecular weight excluding hydrogens is 229 g/mol. The zero-order chi connectivity index (χ0) is 13.4. The van der Waals surface area contributed by atoms with Gasteiger partial charge in [-0.15, -0.1) is 0 Å². The Labute approximate surface area is 106 Å². The number of hydrogen-bond donors (Lipinski definition) is 2. The summed E-state index contributed by atoms with van der Waals surface area (Å²) in [6.45, 7) is 7.98. The molecule has 96 valence electrons. The highest BCUT2D eigenvalue weighted by Gasteiger charge is 2.16. The molecule has 0 amide bonds. The molecule has 0 bridgehead atoms. The normalized spacial score (nSPS) is 11.3. The predicted molar refractivity (Wildman–Crippen MR) is 73.1 cm³/mol. The minimum atomic E-state index is -0.271. The fourth-order valence-electron chi connectivity index (χ4n) is 2.55. The highest BCUT2D eigenvalue weighted by Crippen LogP contribution is 2.34. The molecule has 0 saturated heterocycles. The van der Waals surface area contributed by atoms with Gasteiger partial charge in [-0.2, -0.15) is 0 Å². The molecule has 0 aliphatic heterocycles. The van der Waals surface area contributed by atoms with E-state index in [4.69, 9.17) is 5.84 Å². The van der Waals surface area contributed by atoms with Gasteiger partial charge in [-0.05, 0) is 31.4 Å². The van der Waals surface area contributed by atoms with Crippen molar-refractivity contribution in [3.63, 3.8) is 0 Å². The largest absolute Gasteiger partial charge is 0.323 e. The van der Waals surface area contributed by atoms with E-state index in [0.717, 1.165) is 27.9 Å². The van der Waals surface area contributed by atoms with Crippen molar-refractivity contribution in [3.8, 4) is 0 Å². The van der Waals surface area contributed by atoms with Gasteiger partial charge in [-0.1, -0.05) is 13.8 Å². The summed E-state index contributed by atoms with van der Waals surface area (Å²) in [4.78, 5) is 4.49. The first-order valence-corrected chi connectivity index (χ1v) is 6.02. The van der Waals surface area contributed by atoms with Gasteiger partial charge in [0, 0.05) is 22.7 Å². The lowest BCUT2D eigenvalue weighted by Crippen LogP contribution is -2.13. The topological polar surface area (TPSA) is 50.9 Å². The molecule has 0 radical (unpaired) electrons. The third-order valence-electron chi connectivity index (χ3n) is 3.20. The van der Waals surface area contributed by atoms with Crippen LogP contribution in [0.4, 0.5) is 10.1 Å². The number of hydrazine groups is 1. The van der Waals surface area contributed by atoms with Crippen molar-refractivity contribution in [3.05, 3.63) is 34.8 Å². The molecule has 1 heterocycles. The molecule has 3 nitrogen and oxygen atoms in total. The second kappa shape index (κ2) is 4.53. The lowest BCUT2D eigenvalue weighted by molar-refractivity contribution is 0.628. The highest BCUT2D eigenvalue weighted by molar-refractivity contribution is 5.96. The SMILES string of the molecule is Cc1nc2cc(F)cc(C)c2c(NN)c1C(C)C. The Morgan fingerprint density at radius 3 is 2.50 bits per heavy atom. The van der Waals surface area contributed by atoms with Crippen molar-refractivity contribution < 1.29 is 4.39 Å². The van der Waals surface area contributed by atoms with E-state index in [9.17, 15) is 4.39 Å². The minimum Gasteiger partial charge on any atom is -0.323 e. The Hall–Kier alpha value is -1.68. The summed E-state index contributed by atoms with van der Waals surface area (Å²) in [5.41, 5.74) is 7.06. The Morgan fingerprint density at radius 2 is 1.94 bits per heavy atom. The number of aromatic nitrogens is 1. The van der Waals surface area contributed by atoms with Crippen molar-refractivity contribution >= 4 is 16.6 Å². The van der Waals surface area contributed by atoms with E-state index >= 15 is 0 Å². The minimum absolute atomic E-state index is 0.271. The predicted octanol–water partition coefficient (Wildman–Crippen LogP) is 3.40. The standard InChI is InChI=1S/C14H18FN3/c1-7(2)12-9(4)17-11-6-10(15)5-8(3)13(11)14(12)18-16/h5-7H,16H2,1-4H3,(H,17,18). The number of anilines is 1. The number of nitrogens with two attached hydrogens (primary N) is 1. The van der Waals surface area contributed by atoms with Crippen molar-refractivity contribution in [2.45, 2.75) is 33.6 Å². The Morgan fingerprint density at radius 1 is 1.28 bits per heavy atom. The number of halogens is 1. The smallest absolute Gasteiger partial charge is 0.125 e. The van der Waals surface area contributed by atoms with Crippen molar-refractivity contribution in [1.82, 2.24) is 4.98 Å². The van der Waals surface area contributed by atoms with Crippen LogP contribution < -0.4 is 11.3 Å². The van der Waals surface area contributed by atoms with E-state index < -0.39 is 0 Å². The summed E-state index contributed by atoms with van der Waals surface area (Å²) in [6.07, 6.45) is 0. The number of nitrogens with zero attached hydrogens (tertiary/aromatic N) is 1. The van der Waals surface area contributed by atoms with Gasteiger partial charge >= 0.3 is 0 Å². The number of benzene rings is 1. The second-order valence-electron chi connectivity index (χ2n) is 4.90. The Bertz CT molecular complexity index is 606. The lowest BCUT2D eigenvalue weighted by atomic mass is 9.95. The maximum Gasteiger partial charge on any atom is 0.125 e. The van der Waals surface area contributed by atoms with E-state index in [1.807, 2.05) is 13.8 Å². The molecular formula is C14H18FN3. The fraction of sp³-hybridized carbons (Fsp3) is 0.357. The van der Waals surface area contributed by atoms with Gasteiger partial charge in [0.1, 0.15) is 5.82 Å². The van der Waals surface area contributed by atoms with Gasteiger partial charge in [0.05, 0.1) is 11.2 Å². The van der Waals surface area contributed by atoms with E-state index in [1.165, 1.54) is 12.1 Å². The maximum absolute atomic E-state index is 13.4. The van der Waals surface area contributed by atoms with Crippen molar-refractivity contribution in [2.75, 3.05) is 5.43 Å². The van der Waals surface area contributed by atoms with Crippen LogP contribution in [0.2, 0.25) is 0 Å². The zero-order valence-corrected chi connectivity index (χ0v) is 11.1. The van der Waals surface area contributed by atoms with Crippen LogP contribution in [0.3, 0.4) is 0 Å². The molecule has 2 aromatic rings. The first-order chi connectivity index (χ1) is 8.45. The number of fused-ring (bicyclic) bond motifs is 1. The molecule has 0 fully saturated rings. The van der Waals surface area contributed by atoms with Crippen molar-refractivity contribution in [2.24, 2.45) is 5.84 Å². The molecule has 0 aliphatic rings. The summed E-state index contributed by atoms with van der Waals surface area (Å²) < 4.78 is 13.4. The summed E-state index contributed by atoms with van der Waals surface area (Å²) in [5, 5.41) is 0.896. The number of pyridine rings is 1. The van der Waals surface area contributed by atoms with Gasteiger partial charge in [-0.3, -0.25) is 10.8 Å². The number of nitrogens with one attached hydrogen (secondary N) is 1. The van der Waals surface area contributed by atoms with Crippen LogP contribution in [-0.4, -0.2) is 4.98 Å². The molecule has 0 aliphatic carbocycles. The van der Waals surface area contributed by atoms with Gasteiger partial charge in [0.2, 0.25) is 0 Å². The average Bonchev–Trinajstić information content (AvgIpc) is 2.25. The van der Waals surface area contributed by atoms with Crippen LogP contribution in [0.15, 0.2) is 12.1 Å². The lowest BCUT2D eigenvalue weighted by Gasteiger charge is -2.18. The van der Waals surface area contributed by atoms with Gasteiger partial charge < -0.3 is 5.43 Å². The van der Waals surface area contributed by atoms with Crippen LogP contribution in [0.1, 0.15) is 36.6 Å². The fourth-order valence-corrected chi connectivity index (χ4v) is 2.55. The van der Waals surface area contributed by atoms with Crippen LogP contribution in [0, 0.1) is 19.7 Å². The van der Waals surface area contributed by atoms with Gasteiger partial charge in [-0.25, -0.2) is 4.39 Å². The molecule has 0 unspecified atom stereocenters. The molecule has 3 N–H and O–H groups in total. The van der Waals surface area contributed by atoms with E-state index in [0.29, 0.717) is 11.4 Å². The summed E-state index contributed by atoms with van der Waals surface area (Å²) >= 11 is 0. The van der Waals surface area contributed by atoms with Gasteiger partial charge in [0.25, 0.3) is 0 Å². The number of hydrogen-bond acceptors (Lipinski definition) is 3. The summed E-state index contributed by atoms with van der Waals surface area (Å²) in [5.74, 6) is 5.69. The molecule has 2 rings (SSSR count). The highest BCUT2D eigenvalue weighted by atomic mass is 19.1. The third-order valence-corrected chi connectivity index (χ3v) is 3.20. The molecule has 18 heavy (non-hydrogen) atoms. The quantitative estimate of drug-likeness (QED) is 0.631. The van der Waals surface area contributed by atoms with Gasteiger partial charge in [0.15, 0.2) is 0 Å². The first-order valence-electron chi connectivity index (χ1n) is 6.02. The average molecular weight is 247 g/mol.